The lowest BCUT2D eigenvalue weighted by Crippen LogP contribution is -2.47. The first-order valence-corrected chi connectivity index (χ1v) is 5.85. The van der Waals surface area contributed by atoms with E-state index in [1.807, 2.05) is 13.8 Å². The molecule has 3 N–H and O–H groups in total. The molecule has 0 aliphatic heterocycles. The molecule has 1 amide bonds. The third-order valence-corrected chi connectivity index (χ3v) is 2.93. The van der Waals surface area contributed by atoms with Gasteiger partial charge in [-0.05, 0) is 39.5 Å². The Hall–Kier alpha value is -0.610. The van der Waals surface area contributed by atoms with E-state index in [4.69, 9.17) is 0 Å². The minimum Gasteiger partial charge on any atom is -0.393 e. The Labute approximate surface area is 91.4 Å². The largest absolute Gasteiger partial charge is 0.393 e. The van der Waals surface area contributed by atoms with E-state index >= 15 is 0 Å². The molecular weight excluding hydrogens is 192 g/mol. The third-order valence-electron chi connectivity index (χ3n) is 2.93. The molecule has 0 saturated heterocycles. The van der Waals surface area contributed by atoms with Crippen LogP contribution in [0.15, 0.2) is 0 Å². The predicted octanol–water partition coefficient (Wildman–Crippen LogP) is 0.404. The van der Waals surface area contributed by atoms with Gasteiger partial charge in [-0.25, -0.2) is 0 Å². The summed E-state index contributed by atoms with van der Waals surface area (Å²) in [5.41, 5.74) is 0. The van der Waals surface area contributed by atoms with Crippen molar-refractivity contribution >= 4 is 5.91 Å². The number of rotatable bonds is 4. The lowest BCUT2D eigenvalue weighted by atomic mass is 9.92. The van der Waals surface area contributed by atoms with Gasteiger partial charge in [0, 0.05) is 12.6 Å². The number of hydrogen-bond acceptors (Lipinski definition) is 3. The van der Waals surface area contributed by atoms with Crippen molar-refractivity contribution in [1.82, 2.24) is 10.6 Å². The van der Waals surface area contributed by atoms with Crippen LogP contribution in [0.5, 0.6) is 0 Å². The maximum Gasteiger partial charge on any atom is 0.236 e. The number of aliphatic hydroxyl groups excluding tert-OH is 1. The van der Waals surface area contributed by atoms with E-state index in [1.165, 1.54) is 0 Å². The fourth-order valence-electron chi connectivity index (χ4n) is 2.00. The Morgan fingerprint density at radius 3 is 2.53 bits per heavy atom. The first kappa shape index (κ1) is 12.5. The van der Waals surface area contributed by atoms with Gasteiger partial charge in [-0.1, -0.05) is 0 Å². The minimum atomic E-state index is -0.136. The summed E-state index contributed by atoms with van der Waals surface area (Å²) in [6.45, 7) is 4.48. The van der Waals surface area contributed by atoms with E-state index in [0.29, 0.717) is 12.6 Å². The molecule has 0 aromatic heterocycles. The normalized spacial score (nSPS) is 28.5. The van der Waals surface area contributed by atoms with Gasteiger partial charge in [0.15, 0.2) is 0 Å². The lowest BCUT2D eigenvalue weighted by molar-refractivity contribution is -0.122. The zero-order valence-electron chi connectivity index (χ0n) is 9.62. The second-order valence-corrected chi connectivity index (χ2v) is 4.29. The van der Waals surface area contributed by atoms with Gasteiger partial charge in [-0.3, -0.25) is 4.79 Å². The molecular formula is C11H22N2O2. The van der Waals surface area contributed by atoms with Crippen molar-refractivity contribution in [3.63, 3.8) is 0 Å². The molecule has 1 aliphatic carbocycles. The van der Waals surface area contributed by atoms with Crippen LogP contribution in [0, 0.1) is 0 Å². The summed E-state index contributed by atoms with van der Waals surface area (Å²) >= 11 is 0. The Morgan fingerprint density at radius 2 is 2.00 bits per heavy atom. The zero-order valence-corrected chi connectivity index (χ0v) is 9.62. The van der Waals surface area contributed by atoms with Crippen molar-refractivity contribution < 1.29 is 9.90 Å². The number of nitrogens with one attached hydrogen (secondary N) is 2. The smallest absolute Gasteiger partial charge is 0.236 e. The number of likely N-dealkylation sites (N-methyl/N-ethyl adjacent to an activating group) is 1. The summed E-state index contributed by atoms with van der Waals surface area (Å²) in [5.74, 6) is 0.0589. The standard InChI is InChI=1S/C11H22N2O2/c1-3-12-11(15)8(2)13-9-4-6-10(14)7-5-9/h8-10,13-14H,3-7H2,1-2H3,(H,12,15). The summed E-state index contributed by atoms with van der Waals surface area (Å²) in [6, 6.07) is 0.246. The molecule has 4 nitrogen and oxygen atoms in total. The highest BCUT2D eigenvalue weighted by Crippen LogP contribution is 2.18. The van der Waals surface area contributed by atoms with Crippen molar-refractivity contribution in [3.05, 3.63) is 0 Å². The second-order valence-electron chi connectivity index (χ2n) is 4.29. The van der Waals surface area contributed by atoms with Gasteiger partial charge >= 0.3 is 0 Å². The van der Waals surface area contributed by atoms with Crippen molar-refractivity contribution in [3.8, 4) is 0 Å². The van der Waals surface area contributed by atoms with Gasteiger partial charge in [0.1, 0.15) is 0 Å². The van der Waals surface area contributed by atoms with E-state index in [2.05, 4.69) is 10.6 Å². The summed E-state index contributed by atoms with van der Waals surface area (Å²) < 4.78 is 0. The van der Waals surface area contributed by atoms with E-state index in [-0.39, 0.29) is 18.1 Å². The Bertz CT molecular complexity index is 201. The Balaban J connectivity index is 2.25. The van der Waals surface area contributed by atoms with Crippen LogP contribution in [0.1, 0.15) is 39.5 Å². The van der Waals surface area contributed by atoms with Crippen LogP contribution in [-0.4, -0.2) is 35.7 Å². The molecule has 4 heteroatoms. The topological polar surface area (TPSA) is 61.4 Å². The number of carbonyl (C=O) groups excluding carboxylic acids is 1. The molecule has 0 spiro atoms. The molecule has 88 valence electrons. The van der Waals surface area contributed by atoms with Crippen molar-refractivity contribution in [2.24, 2.45) is 0 Å². The molecule has 0 radical (unpaired) electrons. The first-order chi connectivity index (χ1) is 7.13. The molecule has 0 heterocycles. The second kappa shape index (κ2) is 6.08. The number of hydrogen-bond donors (Lipinski definition) is 3. The van der Waals surface area contributed by atoms with E-state index in [0.717, 1.165) is 25.7 Å². The summed E-state index contributed by atoms with van der Waals surface area (Å²) in [5, 5.41) is 15.4. The monoisotopic (exact) mass is 214 g/mol. The predicted molar refractivity (Wildman–Crippen MR) is 59.5 cm³/mol. The van der Waals surface area contributed by atoms with Crippen molar-refractivity contribution in [2.45, 2.75) is 57.7 Å². The van der Waals surface area contributed by atoms with Crippen LogP contribution in [0.3, 0.4) is 0 Å². The zero-order chi connectivity index (χ0) is 11.3. The van der Waals surface area contributed by atoms with Gasteiger partial charge in [0.25, 0.3) is 0 Å². The number of carbonyl (C=O) groups is 1. The maximum absolute atomic E-state index is 11.5. The Kier molecular flexibility index (Phi) is 5.05. The fraction of sp³-hybridized carbons (Fsp3) is 0.909. The first-order valence-electron chi connectivity index (χ1n) is 5.85. The summed E-state index contributed by atoms with van der Waals surface area (Å²) in [7, 11) is 0. The average Bonchev–Trinajstić information content (AvgIpc) is 2.22. The summed E-state index contributed by atoms with van der Waals surface area (Å²) in [6.07, 6.45) is 3.48. The van der Waals surface area contributed by atoms with Gasteiger partial charge in [-0.2, -0.15) is 0 Å². The minimum absolute atomic E-state index is 0.0589. The molecule has 1 aliphatic rings. The molecule has 0 bridgehead atoms. The third kappa shape index (κ3) is 4.18. The van der Waals surface area contributed by atoms with Crippen molar-refractivity contribution in [1.29, 1.82) is 0 Å². The molecule has 0 aromatic carbocycles. The van der Waals surface area contributed by atoms with E-state index < -0.39 is 0 Å². The highest BCUT2D eigenvalue weighted by molar-refractivity contribution is 5.81. The van der Waals surface area contributed by atoms with E-state index in [1.54, 1.807) is 0 Å². The highest BCUT2D eigenvalue weighted by atomic mass is 16.3. The van der Waals surface area contributed by atoms with Crippen LogP contribution in [0.4, 0.5) is 0 Å². The Morgan fingerprint density at radius 1 is 1.40 bits per heavy atom. The van der Waals surface area contributed by atoms with Gasteiger partial charge in [-0.15, -0.1) is 0 Å². The van der Waals surface area contributed by atoms with Gasteiger partial charge in [0.05, 0.1) is 12.1 Å². The number of amides is 1. The average molecular weight is 214 g/mol. The van der Waals surface area contributed by atoms with Crippen molar-refractivity contribution in [2.75, 3.05) is 6.54 Å². The van der Waals surface area contributed by atoms with Gasteiger partial charge in [0.2, 0.25) is 5.91 Å². The van der Waals surface area contributed by atoms with Crippen LogP contribution in [0.25, 0.3) is 0 Å². The van der Waals surface area contributed by atoms with Crippen LogP contribution >= 0.6 is 0 Å². The molecule has 1 rings (SSSR count). The van der Waals surface area contributed by atoms with Crippen LogP contribution in [-0.2, 0) is 4.79 Å². The fourth-order valence-corrected chi connectivity index (χ4v) is 2.00. The molecule has 1 fully saturated rings. The summed E-state index contributed by atoms with van der Waals surface area (Å²) in [4.78, 5) is 11.5. The lowest BCUT2D eigenvalue weighted by Gasteiger charge is -2.28. The van der Waals surface area contributed by atoms with Crippen LogP contribution < -0.4 is 10.6 Å². The highest BCUT2D eigenvalue weighted by Gasteiger charge is 2.22. The molecule has 1 atom stereocenters. The maximum atomic E-state index is 11.5. The molecule has 1 unspecified atom stereocenters. The van der Waals surface area contributed by atoms with Gasteiger partial charge < -0.3 is 15.7 Å². The van der Waals surface area contributed by atoms with Crippen LogP contribution in [0.2, 0.25) is 0 Å². The molecule has 0 aromatic rings. The molecule has 15 heavy (non-hydrogen) atoms. The van der Waals surface area contributed by atoms with E-state index in [9.17, 15) is 9.90 Å². The quantitative estimate of drug-likeness (QED) is 0.635. The number of aliphatic hydroxyl groups is 1. The molecule has 1 saturated carbocycles. The SMILES string of the molecule is CCNC(=O)C(C)NC1CCC(O)CC1.